The molecule has 0 saturated heterocycles. The molecule has 4 saturated carbocycles. The summed E-state index contributed by atoms with van der Waals surface area (Å²) < 4.78 is 3.24. The number of nitrogens with one attached hydrogen (secondary N) is 2. The van der Waals surface area contributed by atoms with E-state index >= 15 is 0 Å². The topological polar surface area (TPSA) is 174 Å². The van der Waals surface area contributed by atoms with Crippen molar-refractivity contribution in [2.45, 2.75) is 98.4 Å². The monoisotopic (exact) mass is 819 g/mol. The average molecular weight is 820 g/mol. The van der Waals surface area contributed by atoms with Gasteiger partial charge in [-0.1, -0.05) is 37.3 Å². The van der Waals surface area contributed by atoms with Gasteiger partial charge in [0.25, 0.3) is 0 Å². The number of aromatic carboxylic acids is 1. The number of para-hydroxylation sites is 1. The van der Waals surface area contributed by atoms with Crippen LogP contribution in [-0.4, -0.2) is 84.1 Å². The normalized spacial score (nSPS) is 25.9. The van der Waals surface area contributed by atoms with Gasteiger partial charge >= 0.3 is 5.97 Å². The lowest BCUT2D eigenvalue weighted by Gasteiger charge is -2.70. The van der Waals surface area contributed by atoms with E-state index in [1.54, 1.807) is 11.3 Å². The Bertz CT molecular complexity index is 2340. The van der Waals surface area contributed by atoms with E-state index in [2.05, 4.69) is 52.4 Å². The van der Waals surface area contributed by atoms with E-state index in [0.29, 0.717) is 46.9 Å². The lowest BCUT2D eigenvalue weighted by Crippen LogP contribution is -2.60. The van der Waals surface area contributed by atoms with Crippen molar-refractivity contribution in [3.63, 3.8) is 0 Å². The number of carboxylic acids is 1. The number of hydrogen-bond acceptors (Lipinski definition) is 12. The molecule has 4 aliphatic carbocycles. The molecule has 5 heterocycles. The number of hydrogen-bond donors (Lipinski definition) is 5. The Kier molecular flexibility index (Phi) is 10.3. The summed E-state index contributed by atoms with van der Waals surface area (Å²) in [6.45, 7) is 12.1. The van der Waals surface area contributed by atoms with Crippen LogP contribution in [0.5, 0.6) is 0 Å². The van der Waals surface area contributed by atoms with Crippen molar-refractivity contribution in [2.75, 3.05) is 43.1 Å². The molecule has 59 heavy (non-hydrogen) atoms. The largest absolute Gasteiger partial charge is 0.476 e. The second-order valence-electron chi connectivity index (χ2n) is 19.2. The molecule has 1 aromatic carbocycles. The van der Waals surface area contributed by atoms with E-state index in [9.17, 15) is 20.1 Å². The van der Waals surface area contributed by atoms with Gasteiger partial charge in [0.1, 0.15) is 5.82 Å². The van der Waals surface area contributed by atoms with Gasteiger partial charge in [0.15, 0.2) is 22.5 Å². The molecule has 4 bridgehead atoms. The highest BCUT2D eigenvalue weighted by Crippen LogP contribution is 2.75. The lowest BCUT2D eigenvalue weighted by molar-refractivity contribution is -0.197. The van der Waals surface area contributed by atoms with Gasteiger partial charge in [-0.2, -0.15) is 5.10 Å². The van der Waals surface area contributed by atoms with Gasteiger partial charge in [-0.15, -0.1) is 10.2 Å². The summed E-state index contributed by atoms with van der Waals surface area (Å²) in [4.78, 5) is 24.5. The van der Waals surface area contributed by atoms with Crippen molar-refractivity contribution < 1.29 is 20.1 Å². The number of thiazole rings is 1. The first-order chi connectivity index (χ1) is 28.3. The minimum absolute atomic E-state index is 0.00256. The zero-order valence-corrected chi connectivity index (χ0v) is 35.5. The third-order valence-electron chi connectivity index (χ3n) is 14.0. The third-order valence-corrected chi connectivity index (χ3v) is 14.9. The van der Waals surface area contributed by atoms with E-state index in [1.165, 1.54) is 44.9 Å². The maximum absolute atomic E-state index is 13.0. The Hall–Kier alpha value is -4.50. The van der Waals surface area contributed by atoms with Gasteiger partial charge in [-0.05, 0) is 131 Å². The highest BCUT2D eigenvalue weighted by molar-refractivity contribution is 7.22. The second kappa shape index (κ2) is 15.2. The molecule has 0 amide bonds. The molecule has 4 fully saturated rings. The predicted octanol–water partition coefficient (Wildman–Crippen LogP) is 7.83. The van der Waals surface area contributed by atoms with Crippen molar-refractivity contribution in [3.05, 3.63) is 65.1 Å². The first-order valence-electron chi connectivity index (χ1n) is 21.3. The fraction of sp³-hybridized carbons (Fsp3) is 0.556. The smallest absolute Gasteiger partial charge is 0.355 e. The molecule has 14 heteroatoms. The van der Waals surface area contributed by atoms with Crippen LogP contribution >= 0.6 is 11.3 Å². The van der Waals surface area contributed by atoms with E-state index in [-0.39, 0.29) is 35.7 Å². The number of aliphatic hydroxyl groups excluding tert-OH is 2. The minimum atomic E-state index is -1.08. The molecule has 4 aromatic heterocycles. The Morgan fingerprint density at radius 1 is 0.932 bits per heavy atom. The van der Waals surface area contributed by atoms with Crippen LogP contribution in [0.3, 0.4) is 0 Å². The Morgan fingerprint density at radius 3 is 2.44 bits per heavy atom. The fourth-order valence-corrected chi connectivity index (χ4v) is 13.7. The van der Waals surface area contributed by atoms with Crippen molar-refractivity contribution in [3.8, 4) is 11.1 Å². The van der Waals surface area contributed by atoms with Crippen LogP contribution in [0.15, 0.2) is 42.6 Å². The summed E-state index contributed by atoms with van der Waals surface area (Å²) >= 11 is 1.58. The number of aliphatic hydroxyl groups is 2. The molecule has 5 aromatic rings. The zero-order chi connectivity index (χ0) is 41.2. The molecule has 13 nitrogen and oxygen atoms in total. The molecule has 0 radical (unpaired) electrons. The summed E-state index contributed by atoms with van der Waals surface area (Å²) in [6.07, 6.45) is 13.2. The molecule has 2 unspecified atom stereocenters. The molecule has 312 valence electrons. The second-order valence-corrected chi connectivity index (χ2v) is 20.3. The van der Waals surface area contributed by atoms with Crippen LogP contribution in [0.1, 0.15) is 98.9 Å². The van der Waals surface area contributed by atoms with E-state index < -0.39 is 5.97 Å². The number of carboxylic acid groups (broad SMARTS) is 1. The number of aromatic nitrogens is 6. The van der Waals surface area contributed by atoms with Gasteiger partial charge < -0.3 is 30.9 Å². The molecule has 2 atom stereocenters. The van der Waals surface area contributed by atoms with Gasteiger partial charge in [0, 0.05) is 66.7 Å². The van der Waals surface area contributed by atoms with Crippen LogP contribution < -0.4 is 15.5 Å². The molecule has 5 N–H and O–H groups in total. The van der Waals surface area contributed by atoms with Gasteiger partial charge in [-0.25, -0.2) is 14.8 Å². The number of pyridine rings is 1. The van der Waals surface area contributed by atoms with Gasteiger partial charge in [0.05, 0.1) is 16.4 Å². The van der Waals surface area contributed by atoms with Crippen LogP contribution in [0, 0.1) is 41.4 Å². The van der Waals surface area contributed by atoms with Crippen LogP contribution in [0.2, 0.25) is 0 Å². The summed E-state index contributed by atoms with van der Waals surface area (Å²) in [7, 11) is 0. The number of carbonyl (C=O) groups is 1. The van der Waals surface area contributed by atoms with Crippen LogP contribution in [-0.2, 0) is 13.0 Å². The third kappa shape index (κ3) is 7.51. The van der Waals surface area contributed by atoms with Crippen molar-refractivity contribution >= 4 is 50.1 Å². The number of anilines is 4. The van der Waals surface area contributed by atoms with E-state index in [0.717, 1.165) is 70.1 Å². The number of nitrogens with zero attached hydrogens (tertiary/aromatic N) is 7. The molecule has 10 rings (SSSR count). The Balaban J connectivity index is 0.945. The maximum Gasteiger partial charge on any atom is 0.355 e. The predicted molar refractivity (Wildman–Crippen MR) is 231 cm³/mol. The molecule has 1 aliphatic heterocycles. The van der Waals surface area contributed by atoms with E-state index in [4.69, 9.17) is 15.1 Å². The standard InChI is InChI=1S/C45H57N9O4S/c1-28-31-9-7-16-53(39(31)52-51-38(28)50-41-48-34-10-5-6-11-35(34)59-41)36-13-12-32(37(49-36)40(57)58)33-18-47-54(29(33)2)27-45-24-42(3)21-43(4,25-45)23-44(22-42,26-45)14-8-15-46-17-30(19-55)20-56/h5-6,10-13,18,30,46,55-56H,7-9,14-17,19-27H2,1-4H3,(H,57,58)(H,48,50,51). The van der Waals surface area contributed by atoms with Gasteiger partial charge in [0.2, 0.25) is 0 Å². The lowest BCUT2D eigenvalue weighted by atomic mass is 9.35. The molecule has 5 aliphatic rings. The number of fused-ring (bicyclic) bond motifs is 2. The van der Waals surface area contributed by atoms with Crippen LogP contribution in [0.4, 0.5) is 22.6 Å². The maximum atomic E-state index is 13.0. The first-order valence-corrected chi connectivity index (χ1v) is 22.1. The van der Waals surface area contributed by atoms with Crippen molar-refractivity contribution in [2.24, 2.45) is 27.6 Å². The highest BCUT2D eigenvalue weighted by Gasteiger charge is 2.65. The SMILES string of the molecule is Cc1c(Nc2nc3ccccc3s2)nnc2c1CCCN2c1ccc(-c2cnn(CC34CC5(C)CC(C)(CC(CCCNCC(CO)CO)(C5)C3)C4)c2C)c(C(=O)O)n1. The summed E-state index contributed by atoms with van der Waals surface area (Å²) in [5.74, 6) is 0.714. The average Bonchev–Trinajstić information content (AvgIpc) is 3.77. The summed E-state index contributed by atoms with van der Waals surface area (Å²) in [5, 5.41) is 51.4. The van der Waals surface area contributed by atoms with E-state index in [1.807, 2.05) is 48.4 Å². The van der Waals surface area contributed by atoms with Gasteiger partial charge in [-0.3, -0.25) is 4.68 Å². The molecular formula is C45H57N9O4S. The fourth-order valence-electron chi connectivity index (χ4n) is 12.8. The Morgan fingerprint density at radius 2 is 1.69 bits per heavy atom. The summed E-state index contributed by atoms with van der Waals surface area (Å²) in [5.41, 5.74) is 6.33. The molecule has 0 spiro atoms. The zero-order valence-electron chi connectivity index (χ0n) is 34.7. The minimum Gasteiger partial charge on any atom is -0.476 e. The first kappa shape index (κ1) is 39.9. The molecular weight excluding hydrogens is 763 g/mol. The summed E-state index contributed by atoms with van der Waals surface area (Å²) in [6, 6.07) is 11.8. The van der Waals surface area contributed by atoms with Crippen molar-refractivity contribution in [1.29, 1.82) is 0 Å². The van der Waals surface area contributed by atoms with Crippen molar-refractivity contribution in [1.82, 2.24) is 35.3 Å². The quantitative estimate of drug-likeness (QED) is 0.0649. The highest BCUT2D eigenvalue weighted by atomic mass is 32.1. The number of rotatable bonds is 15. The Labute approximate surface area is 349 Å². The van der Waals surface area contributed by atoms with Crippen LogP contribution in [0.25, 0.3) is 21.3 Å². The number of benzene rings is 1.